The van der Waals surface area contributed by atoms with E-state index < -0.39 is 0 Å². The normalized spacial score (nSPS) is 14.7. The van der Waals surface area contributed by atoms with Crippen LogP contribution in [-0.2, 0) is 10.8 Å². The molecular weight excluding hydrogens is 739 g/mol. The zero-order chi connectivity index (χ0) is 40.2. The van der Waals surface area contributed by atoms with Gasteiger partial charge in [0.2, 0.25) is 5.78 Å². The van der Waals surface area contributed by atoms with E-state index in [4.69, 9.17) is 19.7 Å². The molecule has 0 bridgehead atoms. The van der Waals surface area contributed by atoms with Crippen molar-refractivity contribution in [1.82, 2.24) is 32.9 Å². The van der Waals surface area contributed by atoms with E-state index in [1.54, 1.807) is 0 Å². The van der Waals surface area contributed by atoms with Gasteiger partial charge in [-0.3, -0.25) is 13.4 Å². The van der Waals surface area contributed by atoms with Gasteiger partial charge in [-0.05, 0) is 78.0 Å². The van der Waals surface area contributed by atoms with Crippen molar-refractivity contribution >= 4 is 77.0 Å². The van der Waals surface area contributed by atoms with E-state index in [1.807, 2.05) is 6.20 Å². The van der Waals surface area contributed by atoms with Gasteiger partial charge in [-0.25, -0.2) is 15.0 Å². The molecule has 0 fully saturated rings. The molecule has 0 unspecified atom stereocenters. The Morgan fingerprint density at radius 3 is 2.17 bits per heavy atom. The average molecular weight is 778 g/mol. The lowest BCUT2D eigenvalue weighted by Gasteiger charge is -2.45. The first-order chi connectivity index (χ1) is 29.2. The SMILES string of the molecule is Cc1cccc2c1nc1n(-c3cc4c(cn3)c3ccccc3n4-c3ccccc3)c3cc(Oc4ccc5c(c4)c4ncc6n4c4c(cccc54)C(C)(C)C6(C)C)ccc3n21. The summed E-state index contributed by atoms with van der Waals surface area (Å²) in [7, 11) is 0. The number of ether oxygens (including phenoxy) is 1. The van der Waals surface area contributed by atoms with E-state index in [0.29, 0.717) is 0 Å². The molecular formula is C52H39N7O. The summed E-state index contributed by atoms with van der Waals surface area (Å²) in [5.74, 6) is 3.03. The Morgan fingerprint density at radius 1 is 0.517 bits per heavy atom. The van der Waals surface area contributed by atoms with Gasteiger partial charge in [0.05, 0.1) is 38.6 Å². The van der Waals surface area contributed by atoms with Crippen LogP contribution in [0.25, 0.3) is 88.5 Å². The smallest absolute Gasteiger partial charge is 0.221 e. The molecule has 0 amide bonds. The largest absolute Gasteiger partial charge is 0.457 e. The van der Waals surface area contributed by atoms with E-state index in [0.717, 1.165) is 89.3 Å². The second kappa shape index (κ2) is 11.4. The number of benzene rings is 6. The second-order valence-electron chi connectivity index (χ2n) is 17.5. The zero-order valence-electron chi connectivity index (χ0n) is 33.9. The first-order valence-electron chi connectivity index (χ1n) is 20.6. The highest BCUT2D eigenvalue weighted by Crippen LogP contribution is 2.51. The molecule has 6 aromatic carbocycles. The third kappa shape index (κ3) is 4.17. The van der Waals surface area contributed by atoms with Gasteiger partial charge in [-0.15, -0.1) is 0 Å². The fraction of sp³-hybridized carbons (Fsp3) is 0.135. The van der Waals surface area contributed by atoms with E-state index in [-0.39, 0.29) is 10.8 Å². The molecule has 8 heteroatoms. The minimum atomic E-state index is -0.124. The summed E-state index contributed by atoms with van der Waals surface area (Å²) in [6.07, 6.45) is 4.08. The lowest BCUT2D eigenvalue weighted by molar-refractivity contribution is 0.288. The van der Waals surface area contributed by atoms with Crippen LogP contribution >= 0.6 is 0 Å². The summed E-state index contributed by atoms with van der Waals surface area (Å²) in [6.45, 7) is 11.5. The van der Waals surface area contributed by atoms with Crippen molar-refractivity contribution in [3.63, 3.8) is 0 Å². The van der Waals surface area contributed by atoms with Gasteiger partial charge in [0.15, 0.2) is 0 Å². The first-order valence-corrected chi connectivity index (χ1v) is 20.6. The van der Waals surface area contributed by atoms with Gasteiger partial charge in [-0.1, -0.05) is 94.4 Å². The molecule has 1 aliphatic rings. The maximum atomic E-state index is 6.83. The molecule has 288 valence electrons. The second-order valence-corrected chi connectivity index (χ2v) is 17.5. The highest BCUT2D eigenvalue weighted by Gasteiger charge is 2.46. The van der Waals surface area contributed by atoms with E-state index in [9.17, 15) is 0 Å². The molecule has 8 nitrogen and oxygen atoms in total. The average Bonchev–Trinajstić information content (AvgIpc) is 4.03. The number of hydrogen-bond donors (Lipinski definition) is 0. The van der Waals surface area contributed by atoms with Crippen molar-refractivity contribution in [2.75, 3.05) is 0 Å². The molecule has 0 aliphatic carbocycles. The van der Waals surface area contributed by atoms with Crippen molar-refractivity contribution < 1.29 is 4.74 Å². The van der Waals surface area contributed by atoms with Crippen LogP contribution in [0, 0.1) is 6.92 Å². The number of pyridine rings is 2. The van der Waals surface area contributed by atoms with E-state index in [2.05, 4.69) is 192 Å². The monoisotopic (exact) mass is 777 g/mol. The van der Waals surface area contributed by atoms with Crippen molar-refractivity contribution in [3.05, 3.63) is 163 Å². The quantitative estimate of drug-likeness (QED) is 0.167. The maximum absolute atomic E-state index is 6.83. The van der Waals surface area contributed by atoms with Crippen LogP contribution in [0.2, 0.25) is 0 Å². The Kier molecular flexibility index (Phi) is 6.36. The van der Waals surface area contributed by atoms with E-state index >= 15 is 0 Å². The number of imidazole rings is 3. The van der Waals surface area contributed by atoms with Gasteiger partial charge in [0, 0.05) is 68.3 Å². The molecule has 7 heterocycles. The summed E-state index contributed by atoms with van der Waals surface area (Å²) < 4.78 is 16.0. The minimum Gasteiger partial charge on any atom is -0.457 e. The molecule has 12 aromatic rings. The van der Waals surface area contributed by atoms with E-state index in [1.165, 1.54) is 27.5 Å². The van der Waals surface area contributed by atoms with Crippen molar-refractivity contribution in [3.8, 4) is 23.0 Å². The number of aromatic nitrogens is 7. The van der Waals surface area contributed by atoms with Crippen molar-refractivity contribution in [2.45, 2.75) is 45.4 Å². The van der Waals surface area contributed by atoms with Crippen LogP contribution in [0.5, 0.6) is 11.5 Å². The standard InChI is InChI=1S/C52H39N7O/c1-30-13-11-20-42-47(30)55-50-57(42)41-24-22-33(26-44(41)58(50)46-27-43-38(28-53-46)35-16-9-10-19-40(35)56(43)31-14-7-6-8-15-31)60-32-21-23-34-36-17-12-18-39-48(36)59-45(52(4,5)51(39,2)3)29-54-49(59)37(34)25-32/h6-29H,1-5H3. The Labute approximate surface area is 344 Å². The van der Waals surface area contributed by atoms with Crippen molar-refractivity contribution in [2.24, 2.45) is 0 Å². The van der Waals surface area contributed by atoms with Gasteiger partial charge < -0.3 is 9.30 Å². The Balaban J connectivity index is 1.02. The zero-order valence-corrected chi connectivity index (χ0v) is 33.9. The summed E-state index contributed by atoms with van der Waals surface area (Å²) in [5, 5.41) is 5.71. The van der Waals surface area contributed by atoms with Gasteiger partial charge >= 0.3 is 0 Å². The summed E-state index contributed by atoms with van der Waals surface area (Å²) >= 11 is 0. The van der Waals surface area contributed by atoms with Gasteiger partial charge in [0.25, 0.3) is 0 Å². The summed E-state index contributed by atoms with van der Waals surface area (Å²) in [5.41, 5.74) is 13.0. The molecule has 0 spiro atoms. The lowest BCUT2D eigenvalue weighted by Crippen LogP contribution is -2.44. The first kappa shape index (κ1) is 33.5. The number of para-hydroxylation sites is 4. The maximum Gasteiger partial charge on any atom is 0.221 e. The summed E-state index contributed by atoms with van der Waals surface area (Å²) in [4.78, 5) is 15.6. The molecule has 1 aliphatic heterocycles. The predicted octanol–water partition coefficient (Wildman–Crippen LogP) is 12.5. The predicted molar refractivity (Wildman–Crippen MR) is 243 cm³/mol. The summed E-state index contributed by atoms with van der Waals surface area (Å²) in [6, 6.07) is 47.1. The number of nitrogens with zero attached hydrogens (tertiary/aromatic N) is 7. The third-order valence-corrected chi connectivity index (χ3v) is 13.9. The Morgan fingerprint density at radius 2 is 1.28 bits per heavy atom. The molecule has 0 N–H and O–H groups in total. The van der Waals surface area contributed by atoms with Crippen LogP contribution in [0.3, 0.4) is 0 Å². The van der Waals surface area contributed by atoms with Crippen LogP contribution in [0.15, 0.2) is 146 Å². The molecule has 6 aromatic heterocycles. The highest BCUT2D eigenvalue weighted by atomic mass is 16.5. The fourth-order valence-electron chi connectivity index (χ4n) is 10.2. The fourth-order valence-corrected chi connectivity index (χ4v) is 10.2. The number of aryl methyl sites for hydroxylation is 1. The number of hydrogen-bond acceptors (Lipinski definition) is 4. The van der Waals surface area contributed by atoms with Crippen LogP contribution in [0.4, 0.5) is 0 Å². The van der Waals surface area contributed by atoms with Crippen LogP contribution in [-0.4, -0.2) is 32.9 Å². The molecule has 0 atom stereocenters. The van der Waals surface area contributed by atoms with Crippen LogP contribution in [0.1, 0.15) is 44.5 Å². The molecule has 0 saturated heterocycles. The molecule has 13 rings (SSSR count). The molecule has 0 radical (unpaired) electrons. The Hall–Kier alpha value is -7.45. The Bertz CT molecular complexity index is 3820. The topological polar surface area (TPSA) is 66.6 Å². The number of rotatable bonds is 4. The lowest BCUT2D eigenvalue weighted by atomic mass is 9.61. The van der Waals surface area contributed by atoms with Crippen LogP contribution < -0.4 is 4.74 Å². The third-order valence-electron chi connectivity index (χ3n) is 13.9. The van der Waals surface area contributed by atoms with Crippen molar-refractivity contribution in [1.29, 1.82) is 0 Å². The molecule has 60 heavy (non-hydrogen) atoms. The number of fused-ring (bicyclic) bond motifs is 11. The highest BCUT2D eigenvalue weighted by molar-refractivity contribution is 6.14. The van der Waals surface area contributed by atoms with Gasteiger partial charge in [0.1, 0.15) is 23.0 Å². The minimum absolute atomic E-state index is 0.0726. The molecule has 0 saturated carbocycles. The van der Waals surface area contributed by atoms with Gasteiger partial charge in [-0.2, -0.15) is 0 Å².